The lowest BCUT2D eigenvalue weighted by molar-refractivity contribution is 0.206. The molecule has 0 spiro atoms. The van der Waals surface area contributed by atoms with Gasteiger partial charge in [0.05, 0.1) is 0 Å². The Hall–Kier alpha value is -1.45. The van der Waals surface area contributed by atoms with E-state index < -0.39 is 0 Å². The van der Waals surface area contributed by atoms with Gasteiger partial charge in [-0.1, -0.05) is 18.2 Å². The van der Waals surface area contributed by atoms with Crippen molar-refractivity contribution in [1.82, 2.24) is 4.90 Å². The van der Waals surface area contributed by atoms with E-state index in [-0.39, 0.29) is 5.82 Å². The van der Waals surface area contributed by atoms with Crippen LogP contribution >= 0.6 is 0 Å². The Kier molecular flexibility index (Phi) is 3.49. The Morgan fingerprint density at radius 1 is 1.05 bits per heavy atom. The van der Waals surface area contributed by atoms with Gasteiger partial charge in [-0.15, -0.1) is 0 Å². The largest absolute Gasteiger partial charge is 0.328 e. The van der Waals surface area contributed by atoms with Gasteiger partial charge in [0.15, 0.2) is 0 Å². The van der Waals surface area contributed by atoms with Crippen LogP contribution in [0.5, 0.6) is 0 Å². The van der Waals surface area contributed by atoms with Crippen LogP contribution in [0, 0.1) is 5.82 Å². The number of hydrogen-bond acceptors (Lipinski definition) is 2. The smallest absolute Gasteiger partial charge is 0.123 e. The van der Waals surface area contributed by atoms with Gasteiger partial charge in [0.25, 0.3) is 0 Å². The monoisotopic (exact) mass is 258 g/mol. The highest BCUT2D eigenvalue weighted by molar-refractivity contribution is 5.83. The number of benzene rings is 2. The normalized spacial score (nSPS) is 18.0. The summed E-state index contributed by atoms with van der Waals surface area (Å²) in [5.41, 5.74) is 7.20. The summed E-state index contributed by atoms with van der Waals surface area (Å²) in [7, 11) is 0. The van der Waals surface area contributed by atoms with Crippen LogP contribution in [-0.4, -0.2) is 24.0 Å². The summed E-state index contributed by atoms with van der Waals surface area (Å²) in [6.07, 6.45) is 2.16. The lowest BCUT2D eigenvalue weighted by Gasteiger charge is -2.30. The molecule has 1 saturated heterocycles. The third kappa shape index (κ3) is 2.94. The van der Waals surface area contributed by atoms with Gasteiger partial charge in [0, 0.05) is 12.6 Å². The molecule has 0 amide bonds. The number of piperidine rings is 1. The first kappa shape index (κ1) is 12.6. The van der Waals surface area contributed by atoms with Crippen molar-refractivity contribution in [3.8, 4) is 0 Å². The van der Waals surface area contributed by atoms with Crippen molar-refractivity contribution in [3.63, 3.8) is 0 Å². The van der Waals surface area contributed by atoms with Gasteiger partial charge < -0.3 is 5.73 Å². The Balaban J connectivity index is 1.76. The first-order valence-corrected chi connectivity index (χ1v) is 6.87. The molecule has 0 atom stereocenters. The summed E-state index contributed by atoms with van der Waals surface area (Å²) in [6, 6.07) is 11.6. The molecule has 1 fully saturated rings. The molecule has 0 bridgehead atoms. The fraction of sp³-hybridized carbons (Fsp3) is 0.375. The number of rotatable bonds is 2. The van der Waals surface area contributed by atoms with Crippen LogP contribution < -0.4 is 5.73 Å². The minimum Gasteiger partial charge on any atom is -0.328 e. The average Bonchev–Trinajstić information content (AvgIpc) is 2.42. The fourth-order valence-corrected chi connectivity index (χ4v) is 2.73. The van der Waals surface area contributed by atoms with Gasteiger partial charge in [-0.25, -0.2) is 4.39 Å². The second kappa shape index (κ2) is 5.27. The van der Waals surface area contributed by atoms with Crippen molar-refractivity contribution in [3.05, 3.63) is 47.8 Å². The van der Waals surface area contributed by atoms with Crippen LogP contribution in [0.1, 0.15) is 18.4 Å². The molecule has 2 aromatic carbocycles. The van der Waals surface area contributed by atoms with E-state index in [0.29, 0.717) is 6.04 Å². The van der Waals surface area contributed by atoms with Crippen LogP contribution in [0.25, 0.3) is 10.8 Å². The quantitative estimate of drug-likeness (QED) is 0.897. The SMILES string of the molecule is NC1CCN(Cc2ccc3cc(F)ccc3c2)CC1. The van der Waals surface area contributed by atoms with Crippen LogP contribution in [0.2, 0.25) is 0 Å². The number of nitrogens with zero attached hydrogens (tertiary/aromatic N) is 1. The molecule has 2 N–H and O–H groups in total. The van der Waals surface area contributed by atoms with Gasteiger partial charge in [-0.2, -0.15) is 0 Å². The van der Waals surface area contributed by atoms with Gasteiger partial charge in [0.2, 0.25) is 0 Å². The van der Waals surface area contributed by atoms with Gasteiger partial charge in [-0.05, 0) is 60.5 Å². The Morgan fingerprint density at radius 3 is 2.53 bits per heavy atom. The van der Waals surface area contributed by atoms with Crippen molar-refractivity contribution < 1.29 is 4.39 Å². The summed E-state index contributed by atoms with van der Waals surface area (Å²) in [5, 5.41) is 2.07. The lowest BCUT2D eigenvalue weighted by atomic mass is 10.0. The molecule has 2 nitrogen and oxygen atoms in total. The van der Waals surface area contributed by atoms with E-state index in [1.165, 1.54) is 11.6 Å². The number of hydrogen-bond donors (Lipinski definition) is 1. The summed E-state index contributed by atoms with van der Waals surface area (Å²) >= 11 is 0. The zero-order valence-electron chi connectivity index (χ0n) is 11.0. The Bertz CT molecular complexity index is 574. The van der Waals surface area contributed by atoms with Crippen molar-refractivity contribution in [2.75, 3.05) is 13.1 Å². The van der Waals surface area contributed by atoms with E-state index in [1.54, 1.807) is 6.07 Å². The number of likely N-dealkylation sites (tertiary alicyclic amines) is 1. The van der Waals surface area contributed by atoms with Crippen molar-refractivity contribution >= 4 is 10.8 Å². The third-order valence-electron chi connectivity index (χ3n) is 3.91. The van der Waals surface area contributed by atoms with E-state index in [9.17, 15) is 4.39 Å². The molecule has 19 heavy (non-hydrogen) atoms. The fourth-order valence-electron chi connectivity index (χ4n) is 2.73. The maximum atomic E-state index is 13.1. The number of fused-ring (bicyclic) bond motifs is 1. The molecule has 1 aliphatic heterocycles. The van der Waals surface area contributed by atoms with Crippen LogP contribution in [0.4, 0.5) is 4.39 Å². The highest BCUT2D eigenvalue weighted by Gasteiger charge is 2.15. The van der Waals surface area contributed by atoms with Crippen LogP contribution in [-0.2, 0) is 6.54 Å². The van der Waals surface area contributed by atoms with E-state index >= 15 is 0 Å². The molecule has 3 rings (SSSR count). The molecule has 2 aromatic rings. The summed E-state index contributed by atoms with van der Waals surface area (Å²) in [5.74, 6) is -0.176. The molecule has 100 valence electrons. The molecule has 0 aliphatic carbocycles. The van der Waals surface area contributed by atoms with Gasteiger partial charge in [-0.3, -0.25) is 4.90 Å². The van der Waals surface area contributed by atoms with Crippen molar-refractivity contribution in [2.45, 2.75) is 25.4 Å². The van der Waals surface area contributed by atoms with Gasteiger partial charge >= 0.3 is 0 Å². The molecule has 0 aromatic heterocycles. The average molecular weight is 258 g/mol. The number of nitrogens with two attached hydrogens (primary N) is 1. The zero-order chi connectivity index (χ0) is 13.2. The minimum atomic E-state index is -0.176. The maximum Gasteiger partial charge on any atom is 0.123 e. The van der Waals surface area contributed by atoms with Crippen LogP contribution in [0.3, 0.4) is 0 Å². The number of halogens is 1. The third-order valence-corrected chi connectivity index (χ3v) is 3.91. The minimum absolute atomic E-state index is 0.176. The van der Waals surface area contributed by atoms with Crippen molar-refractivity contribution in [2.24, 2.45) is 5.73 Å². The highest BCUT2D eigenvalue weighted by atomic mass is 19.1. The van der Waals surface area contributed by atoms with E-state index in [0.717, 1.165) is 43.2 Å². The van der Waals surface area contributed by atoms with E-state index in [1.807, 2.05) is 12.1 Å². The summed E-state index contributed by atoms with van der Waals surface area (Å²) in [4.78, 5) is 2.44. The van der Waals surface area contributed by atoms with E-state index in [2.05, 4.69) is 17.0 Å². The Morgan fingerprint density at radius 2 is 1.74 bits per heavy atom. The predicted octanol–water partition coefficient (Wildman–Crippen LogP) is 2.90. The topological polar surface area (TPSA) is 29.3 Å². The molecule has 0 radical (unpaired) electrons. The standard InChI is InChI=1S/C16H19FN2/c17-15-4-3-13-9-12(1-2-14(13)10-15)11-19-7-5-16(18)6-8-19/h1-4,9-10,16H,5-8,11,18H2. The Labute approximate surface area is 113 Å². The second-order valence-corrected chi connectivity index (χ2v) is 5.44. The molecule has 0 saturated carbocycles. The molecule has 1 heterocycles. The molecular formula is C16H19FN2. The van der Waals surface area contributed by atoms with Gasteiger partial charge in [0.1, 0.15) is 5.82 Å². The highest BCUT2D eigenvalue weighted by Crippen LogP contribution is 2.19. The first-order chi connectivity index (χ1) is 9.20. The molecule has 3 heteroatoms. The lowest BCUT2D eigenvalue weighted by Crippen LogP contribution is -2.39. The predicted molar refractivity (Wildman–Crippen MR) is 76.4 cm³/mol. The summed E-state index contributed by atoms with van der Waals surface area (Å²) < 4.78 is 13.1. The summed E-state index contributed by atoms with van der Waals surface area (Å²) in [6.45, 7) is 3.10. The maximum absolute atomic E-state index is 13.1. The second-order valence-electron chi connectivity index (χ2n) is 5.44. The zero-order valence-corrected chi connectivity index (χ0v) is 11.0. The van der Waals surface area contributed by atoms with E-state index in [4.69, 9.17) is 5.73 Å². The van der Waals surface area contributed by atoms with Crippen LogP contribution in [0.15, 0.2) is 36.4 Å². The van der Waals surface area contributed by atoms with Crippen molar-refractivity contribution in [1.29, 1.82) is 0 Å². The molecule has 0 unspecified atom stereocenters. The molecule has 1 aliphatic rings. The first-order valence-electron chi connectivity index (χ1n) is 6.87. The molecular weight excluding hydrogens is 239 g/mol.